The number of rotatable bonds is 1. The number of hydrogen-bond acceptors (Lipinski definition) is 0. The van der Waals surface area contributed by atoms with Crippen molar-refractivity contribution in [2.45, 2.75) is 0 Å². The molecule has 0 amide bonds. The summed E-state index contributed by atoms with van der Waals surface area (Å²) in [6.45, 7) is 3.63. The molecule has 0 fully saturated rings. The van der Waals surface area contributed by atoms with E-state index in [0.29, 0.717) is 0 Å². The van der Waals surface area contributed by atoms with Crippen LogP contribution >= 0.6 is 0 Å². The van der Waals surface area contributed by atoms with E-state index in [9.17, 15) is 0 Å². The Morgan fingerprint density at radius 1 is 0.458 bits per heavy atom. The number of benzene rings is 5. The first-order valence-corrected chi connectivity index (χ1v) is 8.17. The van der Waals surface area contributed by atoms with Crippen molar-refractivity contribution in [2.75, 3.05) is 0 Å². The zero-order chi connectivity index (χ0) is 16.4. The Morgan fingerprint density at radius 2 is 0.875 bits per heavy atom. The minimum absolute atomic E-state index is 1.17. The topological polar surface area (TPSA) is 0 Å². The van der Waals surface area contributed by atoms with E-state index < -0.39 is 0 Å². The van der Waals surface area contributed by atoms with Gasteiger partial charge in [-0.3, -0.25) is 0 Å². The molecule has 0 N–H and O–H groups in total. The van der Waals surface area contributed by atoms with Gasteiger partial charge in [0.05, 0.1) is 0 Å². The van der Waals surface area contributed by atoms with Gasteiger partial charge in [-0.25, -0.2) is 0 Å². The van der Waals surface area contributed by atoms with Crippen molar-refractivity contribution in [1.82, 2.24) is 0 Å². The Bertz CT molecular complexity index is 974. The summed E-state index contributed by atoms with van der Waals surface area (Å²) in [6, 6.07) is 31.9. The smallest absolute Gasteiger partial charge is 0.00268 e. The molecule has 5 rings (SSSR count). The largest absolute Gasteiger partial charge is 0.0985 e. The first-order valence-electron chi connectivity index (χ1n) is 8.17. The molecular formula is C24H18. The molecule has 0 bridgehead atoms. The van der Waals surface area contributed by atoms with E-state index in [1.165, 1.54) is 37.9 Å². The summed E-state index contributed by atoms with van der Waals surface area (Å²) in [4.78, 5) is 0. The van der Waals surface area contributed by atoms with Crippen LogP contribution in [0.25, 0.3) is 38.4 Å². The van der Waals surface area contributed by atoms with E-state index in [2.05, 4.69) is 67.2 Å². The molecule has 5 aromatic rings. The van der Waals surface area contributed by atoms with E-state index in [0.717, 1.165) is 0 Å². The predicted molar refractivity (Wildman–Crippen MR) is 107 cm³/mol. The highest BCUT2D eigenvalue weighted by molar-refractivity contribution is 6.22. The molecule has 0 spiro atoms. The lowest BCUT2D eigenvalue weighted by molar-refractivity contribution is 1.67. The Balaban J connectivity index is 0.000000155. The Hall–Kier alpha value is -3.12. The minimum Gasteiger partial charge on any atom is -0.0985 e. The lowest BCUT2D eigenvalue weighted by Crippen LogP contribution is -1.82. The molecule has 0 radical (unpaired) electrons. The summed E-state index contributed by atoms with van der Waals surface area (Å²) in [6.07, 6.45) is 1.83. The van der Waals surface area contributed by atoms with E-state index in [1.54, 1.807) is 0 Å². The molecule has 0 saturated heterocycles. The highest BCUT2D eigenvalue weighted by Gasteiger charge is 2.05. The van der Waals surface area contributed by atoms with Crippen LogP contribution in [-0.2, 0) is 0 Å². The summed E-state index contributed by atoms with van der Waals surface area (Å²) in [5.41, 5.74) is 1.17. The fourth-order valence-corrected chi connectivity index (χ4v) is 3.26. The lowest BCUT2D eigenvalue weighted by Gasteiger charge is -2.09. The van der Waals surface area contributed by atoms with Crippen molar-refractivity contribution in [2.24, 2.45) is 0 Å². The quantitative estimate of drug-likeness (QED) is 0.295. The second-order valence-corrected chi connectivity index (χ2v) is 5.90. The average Bonchev–Trinajstić information content (AvgIpc) is 2.67. The maximum absolute atomic E-state index is 3.63. The van der Waals surface area contributed by atoms with Crippen molar-refractivity contribution in [3.8, 4) is 0 Å². The molecule has 0 aliphatic heterocycles. The normalized spacial score (nSPS) is 10.7. The predicted octanol–water partition coefficient (Wildman–Crippen LogP) is 6.91. The fraction of sp³-hybridized carbons (Fsp3) is 0. The number of hydrogen-bond donors (Lipinski definition) is 0. The van der Waals surface area contributed by atoms with Gasteiger partial charge in [-0.1, -0.05) is 104 Å². The van der Waals surface area contributed by atoms with Crippen molar-refractivity contribution < 1.29 is 0 Å². The van der Waals surface area contributed by atoms with Crippen LogP contribution in [0.1, 0.15) is 5.56 Å². The molecule has 0 atom stereocenters. The molecule has 24 heavy (non-hydrogen) atoms. The summed E-state index contributed by atoms with van der Waals surface area (Å²) in [7, 11) is 0. The van der Waals surface area contributed by atoms with Crippen LogP contribution < -0.4 is 0 Å². The van der Waals surface area contributed by atoms with Gasteiger partial charge < -0.3 is 0 Å². The summed E-state index contributed by atoms with van der Waals surface area (Å²) in [5, 5.41) is 8.14. The van der Waals surface area contributed by atoms with Crippen molar-refractivity contribution in [3.63, 3.8) is 0 Å². The molecule has 5 aromatic carbocycles. The van der Waals surface area contributed by atoms with Gasteiger partial charge in [-0.2, -0.15) is 0 Å². The molecule has 0 heteroatoms. The molecule has 0 unspecified atom stereocenters. The Morgan fingerprint density at radius 3 is 1.21 bits per heavy atom. The lowest BCUT2D eigenvalue weighted by atomic mass is 9.95. The molecule has 0 heterocycles. The monoisotopic (exact) mass is 306 g/mol. The second-order valence-electron chi connectivity index (χ2n) is 5.90. The summed E-state index contributed by atoms with van der Waals surface area (Å²) >= 11 is 0. The van der Waals surface area contributed by atoms with E-state index in [4.69, 9.17) is 0 Å². The van der Waals surface area contributed by atoms with Gasteiger partial charge in [0, 0.05) is 0 Å². The summed E-state index contributed by atoms with van der Waals surface area (Å²) < 4.78 is 0. The average molecular weight is 306 g/mol. The second kappa shape index (κ2) is 6.17. The summed E-state index contributed by atoms with van der Waals surface area (Å²) in [5.74, 6) is 0. The maximum atomic E-state index is 3.63. The van der Waals surface area contributed by atoms with Crippen molar-refractivity contribution in [3.05, 3.63) is 103 Å². The van der Waals surface area contributed by atoms with Crippen LogP contribution in [0, 0.1) is 0 Å². The molecule has 0 aromatic heterocycles. The fourth-order valence-electron chi connectivity index (χ4n) is 3.26. The molecule has 0 aliphatic carbocycles. The van der Waals surface area contributed by atoms with Gasteiger partial charge in [0.2, 0.25) is 0 Å². The third-order valence-electron chi connectivity index (χ3n) is 4.43. The highest BCUT2D eigenvalue weighted by Crippen LogP contribution is 2.33. The molecular weight excluding hydrogens is 288 g/mol. The molecule has 0 nitrogen and oxygen atoms in total. The SMILES string of the molecule is C=Cc1ccccc1.c1cc2ccc3cccc4ccc(c1)c2c34. The van der Waals surface area contributed by atoms with Crippen LogP contribution in [-0.4, -0.2) is 0 Å². The first kappa shape index (κ1) is 14.5. The van der Waals surface area contributed by atoms with Crippen LogP contribution in [0.4, 0.5) is 0 Å². The maximum Gasteiger partial charge on any atom is -0.00268 e. The van der Waals surface area contributed by atoms with Gasteiger partial charge in [-0.15, -0.1) is 0 Å². The Labute approximate surface area is 142 Å². The molecule has 114 valence electrons. The van der Waals surface area contributed by atoms with Gasteiger partial charge in [0.1, 0.15) is 0 Å². The van der Waals surface area contributed by atoms with Crippen LogP contribution in [0.5, 0.6) is 0 Å². The zero-order valence-corrected chi connectivity index (χ0v) is 13.4. The van der Waals surface area contributed by atoms with Gasteiger partial charge in [0.15, 0.2) is 0 Å². The van der Waals surface area contributed by atoms with Crippen molar-refractivity contribution in [1.29, 1.82) is 0 Å². The van der Waals surface area contributed by atoms with E-state index in [-0.39, 0.29) is 0 Å². The van der Waals surface area contributed by atoms with E-state index in [1.807, 2.05) is 36.4 Å². The van der Waals surface area contributed by atoms with Crippen LogP contribution in [0.3, 0.4) is 0 Å². The van der Waals surface area contributed by atoms with Crippen LogP contribution in [0.15, 0.2) is 97.6 Å². The Kier molecular flexibility index (Phi) is 3.72. The molecule has 0 saturated carbocycles. The highest BCUT2D eigenvalue weighted by atomic mass is 14.1. The van der Waals surface area contributed by atoms with Gasteiger partial charge in [-0.05, 0) is 37.9 Å². The third kappa shape index (κ3) is 2.53. The van der Waals surface area contributed by atoms with E-state index >= 15 is 0 Å². The minimum atomic E-state index is 1.17. The standard InChI is InChI=1S/C16H10.C8H8/c1-3-11-7-9-13-5-2-6-14-10-8-12(4-1)15(11)16(13)14;1-2-8-6-4-3-5-7-8/h1-10H;2-7H,1H2. The zero-order valence-electron chi connectivity index (χ0n) is 13.4. The third-order valence-corrected chi connectivity index (χ3v) is 4.43. The first-order chi connectivity index (χ1) is 11.9. The van der Waals surface area contributed by atoms with Gasteiger partial charge >= 0.3 is 0 Å². The van der Waals surface area contributed by atoms with Gasteiger partial charge in [0.25, 0.3) is 0 Å². The molecule has 0 aliphatic rings. The van der Waals surface area contributed by atoms with Crippen molar-refractivity contribution >= 4 is 38.4 Å². The van der Waals surface area contributed by atoms with Crippen LogP contribution in [0.2, 0.25) is 0 Å².